The van der Waals surface area contributed by atoms with Gasteiger partial charge in [0.05, 0.1) is 0 Å². The van der Waals surface area contributed by atoms with E-state index in [2.05, 4.69) is 36.6 Å². The Labute approximate surface area is 206 Å². The van der Waals surface area contributed by atoms with E-state index in [0.29, 0.717) is 24.3 Å². The van der Waals surface area contributed by atoms with Gasteiger partial charge >= 0.3 is 12.1 Å². The average Bonchev–Trinajstić information content (AvgIpc) is 3.48. The Hall–Kier alpha value is -3.35. The summed E-state index contributed by atoms with van der Waals surface area (Å²) in [6, 6.07) is 15.2. The Bertz CT molecular complexity index is 1040. The molecule has 35 heavy (non-hydrogen) atoms. The van der Waals surface area contributed by atoms with E-state index in [1.807, 2.05) is 36.4 Å². The second kappa shape index (κ2) is 10.9. The summed E-state index contributed by atoms with van der Waals surface area (Å²) in [5.74, 6) is 0.233. The highest BCUT2D eigenvalue weighted by atomic mass is 16.5. The lowest BCUT2D eigenvalue weighted by Gasteiger charge is -2.19. The molecule has 1 saturated carbocycles. The Balaban J connectivity index is 1.33. The zero-order valence-corrected chi connectivity index (χ0v) is 20.3. The molecule has 0 aromatic heterocycles. The van der Waals surface area contributed by atoms with Crippen molar-refractivity contribution in [3.05, 3.63) is 59.7 Å². The number of carboxylic acids is 1. The minimum absolute atomic E-state index is 0.00541. The van der Waals surface area contributed by atoms with Crippen molar-refractivity contribution < 1.29 is 24.2 Å². The SMILES string of the molecule is CC(C)CC1CC1CNC(=O)C(CCC(=O)O)NC(=O)OCC1c2ccccc2-c2ccccc21. The fourth-order valence-corrected chi connectivity index (χ4v) is 5.13. The summed E-state index contributed by atoms with van der Waals surface area (Å²) >= 11 is 0. The molecule has 3 unspecified atom stereocenters. The number of alkyl carbamates (subject to hydrolysis) is 1. The van der Waals surface area contributed by atoms with Gasteiger partial charge in [0.15, 0.2) is 0 Å². The van der Waals surface area contributed by atoms with Crippen LogP contribution in [0.4, 0.5) is 4.79 Å². The number of rotatable bonds is 11. The van der Waals surface area contributed by atoms with Gasteiger partial charge in [0.25, 0.3) is 0 Å². The third kappa shape index (κ3) is 6.21. The standard InChI is InChI=1S/C28H34N2O5/c1-17(2)13-18-14-19(18)15-29-27(33)25(11-12-26(31)32)30-28(34)35-16-24-22-9-5-3-7-20(22)21-8-4-6-10-23(21)24/h3-10,17-19,24-25H,11-16H2,1-2H3,(H,29,33)(H,30,34)(H,31,32). The van der Waals surface area contributed by atoms with E-state index in [4.69, 9.17) is 9.84 Å². The van der Waals surface area contributed by atoms with Crippen LogP contribution in [0, 0.1) is 17.8 Å². The highest BCUT2D eigenvalue weighted by Crippen LogP contribution is 2.44. The first kappa shape index (κ1) is 24.8. The summed E-state index contributed by atoms with van der Waals surface area (Å²) < 4.78 is 5.55. The number of nitrogens with one attached hydrogen (secondary N) is 2. The van der Waals surface area contributed by atoms with Gasteiger partial charge in [0.1, 0.15) is 12.6 Å². The molecule has 3 N–H and O–H groups in total. The largest absolute Gasteiger partial charge is 0.481 e. The fourth-order valence-electron chi connectivity index (χ4n) is 5.13. The molecule has 0 heterocycles. The third-order valence-electron chi connectivity index (χ3n) is 6.98. The quantitative estimate of drug-likeness (QED) is 0.439. The maximum absolute atomic E-state index is 12.8. The van der Waals surface area contributed by atoms with Gasteiger partial charge in [-0.25, -0.2) is 4.79 Å². The van der Waals surface area contributed by atoms with E-state index in [9.17, 15) is 14.4 Å². The number of carbonyl (C=O) groups excluding carboxylic acids is 2. The van der Waals surface area contributed by atoms with Crippen LogP contribution in [-0.4, -0.2) is 42.3 Å². The topological polar surface area (TPSA) is 105 Å². The molecule has 2 aromatic rings. The highest BCUT2D eigenvalue weighted by Gasteiger charge is 2.37. The summed E-state index contributed by atoms with van der Waals surface area (Å²) in [4.78, 5) is 36.5. The van der Waals surface area contributed by atoms with Crippen LogP contribution in [0.25, 0.3) is 11.1 Å². The molecule has 2 aliphatic rings. The summed E-state index contributed by atoms with van der Waals surface area (Å²) in [7, 11) is 0. The van der Waals surface area contributed by atoms with E-state index in [-0.39, 0.29) is 31.3 Å². The van der Waals surface area contributed by atoms with Crippen LogP contribution in [-0.2, 0) is 14.3 Å². The van der Waals surface area contributed by atoms with Crippen molar-refractivity contribution in [2.75, 3.05) is 13.2 Å². The smallest absolute Gasteiger partial charge is 0.407 e. The van der Waals surface area contributed by atoms with E-state index < -0.39 is 18.1 Å². The first-order valence-electron chi connectivity index (χ1n) is 12.4. The van der Waals surface area contributed by atoms with E-state index in [1.54, 1.807) is 0 Å². The van der Waals surface area contributed by atoms with E-state index in [0.717, 1.165) is 35.1 Å². The number of ether oxygens (including phenoxy) is 1. The van der Waals surface area contributed by atoms with E-state index >= 15 is 0 Å². The van der Waals surface area contributed by atoms with E-state index in [1.165, 1.54) is 0 Å². The third-order valence-corrected chi connectivity index (χ3v) is 6.98. The van der Waals surface area contributed by atoms with Gasteiger partial charge < -0.3 is 20.5 Å². The summed E-state index contributed by atoms with van der Waals surface area (Å²) in [6.07, 6.45) is 1.30. The molecular formula is C28H34N2O5. The van der Waals surface area contributed by atoms with Gasteiger partial charge in [-0.05, 0) is 59.3 Å². The molecule has 0 spiro atoms. The fraction of sp³-hybridized carbons (Fsp3) is 0.464. The normalized spacial score (nSPS) is 18.9. The second-order valence-corrected chi connectivity index (χ2v) is 10.1. The first-order chi connectivity index (χ1) is 16.8. The van der Waals surface area contributed by atoms with Crippen LogP contribution < -0.4 is 10.6 Å². The van der Waals surface area contributed by atoms with Crippen LogP contribution >= 0.6 is 0 Å². The second-order valence-electron chi connectivity index (χ2n) is 10.1. The predicted octanol–water partition coefficient (Wildman–Crippen LogP) is 4.56. The molecule has 2 amide bonds. The van der Waals surface area contributed by atoms with Gasteiger partial charge in [-0.15, -0.1) is 0 Å². The summed E-state index contributed by atoms with van der Waals surface area (Å²) in [6.45, 7) is 5.06. The molecule has 2 aliphatic carbocycles. The Morgan fingerprint density at radius 1 is 1.00 bits per heavy atom. The lowest BCUT2D eigenvalue weighted by molar-refractivity contribution is -0.137. The van der Waals surface area contributed by atoms with Crippen LogP contribution in [0.15, 0.2) is 48.5 Å². The minimum atomic E-state index is -1.02. The number of carboxylic acid groups (broad SMARTS) is 1. The molecule has 4 rings (SSSR count). The Kier molecular flexibility index (Phi) is 7.73. The monoisotopic (exact) mass is 478 g/mol. The van der Waals surface area contributed by atoms with Gasteiger partial charge in [-0.2, -0.15) is 0 Å². The van der Waals surface area contributed by atoms with Crippen molar-refractivity contribution in [3.63, 3.8) is 0 Å². The molecule has 7 heteroatoms. The van der Waals surface area contributed by atoms with Crippen LogP contribution in [0.5, 0.6) is 0 Å². The zero-order chi connectivity index (χ0) is 24.9. The highest BCUT2D eigenvalue weighted by molar-refractivity contribution is 5.86. The van der Waals surface area contributed by atoms with Crippen molar-refractivity contribution in [2.24, 2.45) is 17.8 Å². The van der Waals surface area contributed by atoms with Gasteiger partial charge in [-0.3, -0.25) is 9.59 Å². The molecule has 1 fully saturated rings. The number of amides is 2. The van der Waals surface area contributed by atoms with Gasteiger partial charge in [0.2, 0.25) is 5.91 Å². The number of fused-ring (bicyclic) bond motifs is 3. The summed E-state index contributed by atoms with van der Waals surface area (Å²) in [5, 5.41) is 14.6. The average molecular weight is 479 g/mol. The van der Waals surface area contributed by atoms with Crippen LogP contribution in [0.1, 0.15) is 56.6 Å². The Morgan fingerprint density at radius 3 is 2.23 bits per heavy atom. The first-order valence-corrected chi connectivity index (χ1v) is 12.4. The zero-order valence-electron chi connectivity index (χ0n) is 20.3. The van der Waals surface area contributed by atoms with Gasteiger partial charge in [0, 0.05) is 18.9 Å². The molecule has 2 aromatic carbocycles. The lowest BCUT2D eigenvalue weighted by Crippen LogP contribution is -2.47. The molecule has 3 atom stereocenters. The Morgan fingerprint density at radius 2 is 1.63 bits per heavy atom. The van der Waals surface area contributed by atoms with Crippen molar-refractivity contribution in [2.45, 2.75) is 51.5 Å². The number of hydrogen-bond acceptors (Lipinski definition) is 4. The molecular weight excluding hydrogens is 444 g/mol. The maximum atomic E-state index is 12.8. The summed E-state index contributed by atoms with van der Waals surface area (Å²) in [5.41, 5.74) is 4.46. The van der Waals surface area contributed by atoms with Crippen molar-refractivity contribution in [1.29, 1.82) is 0 Å². The number of hydrogen-bond donors (Lipinski definition) is 3. The van der Waals surface area contributed by atoms with Crippen molar-refractivity contribution >= 4 is 18.0 Å². The molecule has 186 valence electrons. The van der Waals surface area contributed by atoms with Gasteiger partial charge in [-0.1, -0.05) is 62.4 Å². The minimum Gasteiger partial charge on any atom is -0.481 e. The lowest BCUT2D eigenvalue weighted by atomic mass is 9.98. The predicted molar refractivity (Wildman–Crippen MR) is 133 cm³/mol. The maximum Gasteiger partial charge on any atom is 0.407 e. The molecule has 0 aliphatic heterocycles. The molecule has 0 saturated heterocycles. The van der Waals surface area contributed by atoms with Crippen molar-refractivity contribution in [1.82, 2.24) is 10.6 Å². The number of benzene rings is 2. The molecule has 0 radical (unpaired) electrons. The number of aliphatic carboxylic acids is 1. The van der Waals surface area contributed by atoms with Crippen LogP contribution in [0.3, 0.4) is 0 Å². The number of carbonyl (C=O) groups is 3. The van der Waals surface area contributed by atoms with Crippen molar-refractivity contribution in [3.8, 4) is 11.1 Å². The molecule has 7 nitrogen and oxygen atoms in total. The van der Waals surface area contributed by atoms with Crippen LogP contribution in [0.2, 0.25) is 0 Å². The molecule has 0 bridgehead atoms.